The molecule has 1 aliphatic carbocycles. The van der Waals surface area contributed by atoms with Crippen molar-refractivity contribution in [2.75, 3.05) is 18.1 Å². The van der Waals surface area contributed by atoms with Gasteiger partial charge in [-0.05, 0) is 60.2 Å². The molecule has 0 amide bonds. The van der Waals surface area contributed by atoms with Crippen molar-refractivity contribution in [1.82, 2.24) is 0 Å². The summed E-state index contributed by atoms with van der Waals surface area (Å²) in [6.45, 7) is 0.443. The van der Waals surface area contributed by atoms with E-state index < -0.39 is 16.0 Å². The van der Waals surface area contributed by atoms with Gasteiger partial charge < -0.3 is 13.9 Å². The molecule has 0 bridgehead atoms. The Labute approximate surface area is 203 Å². The molecule has 5 rings (SSSR count). The average molecular weight is 492 g/mol. The van der Waals surface area contributed by atoms with Crippen LogP contribution in [0.15, 0.2) is 71.1 Å². The van der Waals surface area contributed by atoms with E-state index in [0.29, 0.717) is 45.9 Å². The third-order valence-corrected chi connectivity index (χ3v) is 6.52. The summed E-state index contributed by atoms with van der Waals surface area (Å²) >= 11 is 0. The molecular weight excluding hydrogens is 466 g/mol. The Balaban J connectivity index is 1.53. The monoisotopic (exact) mass is 491 g/mol. The molecule has 1 aromatic heterocycles. The second-order valence-electron chi connectivity index (χ2n) is 8.68. The Kier molecular flexibility index (Phi) is 5.98. The lowest BCUT2D eigenvalue weighted by Gasteiger charge is -2.10. The molecule has 0 radical (unpaired) electrons. The molecule has 1 N–H and O–H groups in total. The van der Waals surface area contributed by atoms with E-state index in [9.17, 15) is 13.2 Å². The van der Waals surface area contributed by atoms with Crippen LogP contribution in [0.5, 0.6) is 5.75 Å². The molecule has 0 unspecified atom stereocenters. The number of carbonyl (C=O) groups is 1. The van der Waals surface area contributed by atoms with Crippen LogP contribution in [0.3, 0.4) is 0 Å². The second kappa shape index (κ2) is 9.11. The Bertz CT molecular complexity index is 1490. The number of methoxy groups -OCH3 is 1. The standard InChI is InChI=1S/C27H25NO6S/c1-32-27(29)25-22-14-21(18-8-9-18)23(28-35(2,30)31)15-24(22)34-26(25)19-10-12-20(13-11-19)33-16-17-6-4-3-5-7-17/h3-7,10-15,18,28H,8-9,16H2,1-2H3. The number of furan rings is 1. The van der Waals surface area contributed by atoms with Gasteiger partial charge in [-0.15, -0.1) is 0 Å². The van der Waals surface area contributed by atoms with E-state index >= 15 is 0 Å². The van der Waals surface area contributed by atoms with E-state index in [1.54, 1.807) is 6.07 Å². The van der Waals surface area contributed by atoms with Crippen LogP contribution in [0.2, 0.25) is 0 Å². The number of sulfonamides is 1. The number of fused-ring (bicyclic) bond motifs is 1. The van der Waals surface area contributed by atoms with E-state index in [4.69, 9.17) is 13.9 Å². The van der Waals surface area contributed by atoms with Crippen LogP contribution in [0.25, 0.3) is 22.3 Å². The lowest BCUT2D eigenvalue weighted by atomic mass is 10.0. The SMILES string of the molecule is COC(=O)c1c(-c2ccc(OCc3ccccc3)cc2)oc2cc(NS(C)(=O)=O)c(C3CC3)cc12. The van der Waals surface area contributed by atoms with Gasteiger partial charge in [0.05, 0.1) is 19.1 Å². The minimum Gasteiger partial charge on any atom is -0.489 e. The number of rotatable bonds is 8. The van der Waals surface area contributed by atoms with E-state index in [-0.39, 0.29) is 5.92 Å². The molecule has 0 saturated heterocycles. The minimum absolute atomic E-state index is 0.244. The lowest BCUT2D eigenvalue weighted by Crippen LogP contribution is -2.11. The molecule has 1 aliphatic rings. The Morgan fingerprint density at radius 1 is 1.06 bits per heavy atom. The zero-order chi connectivity index (χ0) is 24.6. The summed E-state index contributed by atoms with van der Waals surface area (Å²) in [6, 6.07) is 20.6. The number of ether oxygens (including phenoxy) is 2. The van der Waals surface area contributed by atoms with E-state index in [1.165, 1.54) is 7.11 Å². The Morgan fingerprint density at radius 2 is 1.77 bits per heavy atom. The van der Waals surface area contributed by atoms with E-state index in [1.807, 2.05) is 60.7 Å². The van der Waals surface area contributed by atoms with Crippen LogP contribution < -0.4 is 9.46 Å². The normalized spacial score (nSPS) is 13.5. The molecule has 180 valence electrons. The van der Waals surface area contributed by atoms with Crippen molar-refractivity contribution in [2.45, 2.75) is 25.4 Å². The largest absolute Gasteiger partial charge is 0.489 e. The quantitative estimate of drug-likeness (QED) is 0.317. The van der Waals surface area contributed by atoms with Gasteiger partial charge in [0.1, 0.15) is 29.3 Å². The molecule has 3 aromatic carbocycles. The fourth-order valence-corrected chi connectivity index (χ4v) is 4.71. The van der Waals surface area contributed by atoms with Gasteiger partial charge in [-0.25, -0.2) is 13.2 Å². The van der Waals surface area contributed by atoms with Crippen molar-refractivity contribution >= 4 is 32.6 Å². The maximum absolute atomic E-state index is 12.8. The highest BCUT2D eigenvalue weighted by Crippen LogP contribution is 2.47. The topological polar surface area (TPSA) is 94.8 Å². The van der Waals surface area contributed by atoms with Crippen molar-refractivity contribution in [3.63, 3.8) is 0 Å². The number of hydrogen-bond donors (Lipinski definition) is 1. The van der Waals surface area contributed by atoms with Crippen LogP contribution in [0, 0.1) is 0 Å². The summed E-state index contributed by atoms with van der Waals surface area (Å²) in [5.74, 6) is 0.769. The van der Waals surface area contributed by atoms with Gasteiger partial charge in [-0.3, -0.25) is 4.72 Å². The van der Waals surface area contributed by atoms with Gasteiger partial charge in [0, 0.05) is 17.0 Å². The highest BCUT2D eigenvalue weighted by atomic mass is 32.2. The Morgan fingerprint density at radius 3 is 2.40 bits per heavy atom. The van der Waals surface area contributed by atoms with Gasteiger partial charge in [-0.1, -0.05) is 30.3 Å². The third kappa shape index (κ3) is 5.02. The molecule has 0 spiro atoms. The summed E-state index contributed by atoms with van der Waals surface area (Å²) < 4.78 is 43.5. The molecular formula is C27H25NO6S. The molecule has 0 atom stereocenters. The highest BCUT2D eigenvalue weighted by molar-refractivity contribution is 7.92. The highest BCUT2D eigenvalue weighted by Gasteiger charge is 2.30. The number of benzene rings is 3. The fraction of sp³-hybridized carbons (Fsp3) is 0.222. The first-order chi connectivity index (χ1) is 16.8. The van der Waals surface area contributed by atoms with Crippen molar-refractivity contribution < 1.29 is 27.1 Å². The molecule has 4 aromatic rings. The van der Waals surface area contributed by atoms with Gasteiger partial charge >= 0.3 is 5.97 Å². The minimum atomic E-state index is -3.48. The molecule has 0 aliphatic heterocycles. The number of hydrogen-bond acceptors (Lipinski definition) is 6. The van der Waals surface area contributed by atoms with Gasteiger partial charge in [-0.2, -0.15) is 0 Å². The number of carbonyl (C=O) groups excluding carboxylic acids is 1. The average Bonchev–Trinajstić information content (AvgIpc) is 3.62. The number of esters is 1. The second-order valence-corrected chi connectivity index (χ2v) is 10.4. The van der Waals surface area contributed by atoms with Crippen LogP contribution in [0.4, 0.5) is 5.69 Å². The Hall–Kier alpha value is -3.78. The van der Waals surface area contributed by atoms with Crippen molar-refractivity contribution in [2.24, 2.45) is 0 Å². The summed E-state index contributed by atoms with van der Waals surface area (Å²) in [6.07, 6.45) is 3.04. The molecule has 1 fully saturated rings. The van der Waals surface area contributed by atoms with Crippen LogP contribution in [-0.2, 0) is 21.4 Å². The lowest BCUT2D eigenvalue weighted by molar-refractivity contribution is 0.0603. The van der Waals surface area contributed by atoms with Gasteiger partial charge in [0.15, 0.2) is 0 Å². The van der Waals surface area contributed by atoms with Gasteiger partial charge in [0.25, 0.3) is 0 Å². The summed E-state index contributed by atoms with van der Waals surface area (Å²) in [5.41, 5.74) is 3.79. The summed E-state index contributed by atoms with van der Waals surface area (Å²) in [5, 5.41) is 0.595. The van der Waals surface area contributed by atoms with Crippen LogP contribution >= 0.6 is 0 Å². The third-order valence-electron chi connectivity index (χ3n) is 5.93. The molecule has 8 heteroatoms. The predicted octanol–water partition coefficient (Wildman–Crippen LogP) is 5.71. The molecule has 7 nitrogen and oxygen atoms in total. The molecule has 35 heavy (non-hydrogen) atoms. The van der Waals surface area contributed by atoms with Crippen molar-refractivity contribution in [3.05, 3.63) is 83.4 Å². The summed E-state index contributed by atoms with van der Waals surface area (Å²) in [4.78, 5) is 12.8. The summed E-state index contributed by atoms with van der Waals surface area (Å²) in [7, 11) is -2.15. The number of nitrogens with one attached hydrogen (secondary N) is 1. The van der Waals surface area contributed by atoms with Crippen molar-refractivity contribution in [3.8, 4) is 17.1 Å². The maximum Gasteiger partial charge on any atom is 0.342 e. The zero-order valence-electron chi connectivity index (χ0n) is 19.4. The smallest absolute Gasteiger partial charge is 0.342 e. The first-order valence-electron chi connectivity index (χ1n) is 11.3. The van der Waals surface area contributed by atoms with Gasteiger partial charge in [0.2, 0.25) is 10.0 Å². The molecule has 1 saturated carbocycles. The van der Waals surface area contributed by atoms with Crippen LogP contribution in [-0.4, -0.2) is 27.8 Å². The predicted molar refractivity (Wildman–Crippen MR) is 134 cm³/mol. The van der Waals surface area contributed by atoms with Crippen LogP contribution in [0.1, 0.15) is 40.2 Å². The fourth-order valence-electron chi connectivity index (χ4n) is 4.13. The number of anilines is 1. The van der Waals surface area contributed by atoms with E-state index in [2.05, 4.69) is 4.72 Å². The zero-order valence-corrected chi connectivity index (χ0v) is 20.2. The van der Waals surface area contributed by atoms with E-state index in [0.717, 1.165) is 30.2 Å². The maximum atomic E-state index is 12.8. The first-order valence-corrected chi connectivity index (χ1v) is 13.2. The van der Waals surface area contributed by atoms with Crippen molar-refractivity contribution in [1.29, 1.82) is 0 Å². The molecule has 1 heterocycles. The first kappa shape index (κ1) is 23.0.